The molecule has 2 unspecified atom stereocenters. The summed E-state index contributed by atoms with van der Waals surface area (Å²) in [5.41, 5.74) is 7.05. The van der Waals surface area contributed by atoms with E-state index in [0.717, 1.165) is 6.42 Å². The molecule has 0 saturated carbocycles. The molecule has 2 aliphatic heterocycles. The third kappa shape index (κ3) is 1.27. The van der Waals surface area contributed by atoms with Crippen molar-refractivity contribution < 1.29 is 0 Å². The van der Waals surface area contributed by atoms with E-state index in [-0.39, 0.29) is 0 Å². The summed E-state index contributed by atoms with van der Waals surface area (Å²) in [5.74, 6) is 0. The molecule has 2 aromatic rings. The zero-order chi connectivity index (χ0) is 12.1. The average Bonchev–Trinajstić information content (AvgIpc) is 2.73. The molecule has 0 spiro atoms. The second-order valence-electron chi connectivity index (χ2n) is 5.15. The molecule has 90 valence electrons. The first-order chi connectivity index (χ1) is 8.86. The summed E-state index contributed by atoms with van der Waals surface area (Å²) in [5, 5.41) is 6.97. The number of nitrogens with one attached hydrogen (secondary N) is 2. The highest BCUT2D eigenvalue weighted by Gasteiger charge is 2.36. The van der Waals surface area contributed by atoms with Gasteiger partial charge in [0, 0.05) is 18.8 Å². The monoisotopic (exact) mass is 236 g/mol. The summed E-state index contributed by atoms with van der Waals surface area (Å²) in [4.78, 5) is 0. The average molecular weight is 236 g/mol. The summed E-state index contributed by atoms with van der Waals surface area (Å²) < 4.78 is 0. The Morgan fingerprint density at radius 3 is 2.83 bits per heavy atom. The Balaban J connectivity index is 1.90. The second-order valence-corrected chi connectivity index (χ2v) is 5.15. The van der Waals surface area contributed by atoms with Crippen LogP contribution in [0.5, 0.6) is 0 Å². The first-order valence-corrected chi connectivity index (χ1v) is 6.52. The van der Waals surface area contributed by atoms with Gasteiger partial charge in [-0.3, -0.25) is 5.32 Å². The lowest BCUT2D eigenvalue weighted by Crippen LogP contribution is -2.26. The molecular weight excluding hydrogens is 220 g/mol. The van der Waals surface area contributed by atoms with Crippen LogP contribution in [0.2, 0.25) is 0 Å². The van der Waals surface area contributed by atoms with Gasteiger partial charge >= 0.3 is 0 Å². The van der Waals surface area contributed by atoms with Gasteiger partial charge in [0.05, 0.1) is 6.04 Å². The fourth-order valence-corrected chi connectivity index (χ4v) is 3.32. The summed E-state index contributed by atoms with van der Waals surface area (Å²) in [6.07, 6.45) is 1.10. The van der Waals surface area contributed by atoms with E-state index in [2.05, 4.69) is 53.1 Å². The van der Waals surface area contributed by atoms with Gasteiger partial charge in [0.1, 0.15) is 0 Å². The highest BCUT2D eigenvalue weighted by Crippen LogP contribution is 2.44. The number of benzene rings is 2. The number of fused-ring (bicyclic) bond motifs is 7. The van der Waals surface area contributed by atoms with Crippen LogP contribution in [0.15, 0.2) is 42.5 Å². The molecule has 2 bridgehead atoms. The van der Waals surface area contributed by atoms with Crippen molar-refractivity contribution in [2.75, 3.05) is 12.4 Å². The van der Waals surface area contributed by atoms with E-state index >= 15 is 0 Å². The van der Waals surface area contributed by atoms with Crippen LogP contribution in [-0.2, 0) is 6.42 Å². The van der Waals surface area contributed by atoms with Crippen LogP contribution in [-0.4, -0.2) is 7.05 Å². The van der Waals surface area contributed by atoms with Gasteiger partial charge in [-0.2, -0.15) is 0 Å². The molecule has 0 amide bonds. The van der Waals surface area contributed by atoms with E-state index in [4.69, 9.17) is 0 Å². The molecule has 0 saturated heterocycles. The smallest absolute Gasteiger partial charge is 0.0587 e. The predicted octanol–water partition coefficient (Wildman–Crippen LogP) is 3.02. The molecule has 2 heterocycles. The normalized spacial score (nSPS) is 23.4. The Hall–Kier alpha value is -1.80. The molecule has 2 N–H and O–H groups in total. The minimum atomic E-state index is 0.390. The number of hydrogen-bond donors (Lipinski definition) is 2. The molecule has 2 aliphatic rings. The van der Waals surface area contributed by atoms with Gasteiger partial charge in [-0.15, -0.1) is 0 Å². The SMILES string of the molecule is CNc1ccc2c(c1)C1Cc3ccccc3C2N1. The third-order valence-corrected chi connectivity index (χ3v) is 4.22. The highest BCUT2D eigenvalue weighted by atomic mass is 15.0. The zero-order valence-corrected chi connectivity index (χ0v) is 10.4. The summed E-state index contributed by atoms with van der Waals surface area (Å²) in [6, 6.07) is 16.4. The lowest BCUT2D eigenvalue weighted by molar-refractivity contribution is 0.502. The van der Waals surface area contributed by atoms with Gasteiger partial charge in [-0.25, -0.2) is 0 Å². The molecule has 0 aliphatic carbocycles. The van der Waals surface area contributed by atoms with Gasteiger partial charge in [0.25, 0.3) is 0 Å². The fraction of sp³-hybridized carbons (Fsp3) is 0.250. The van der Waals surface area contributed by atoms with Crippen LogP contribution in [0.3, 0.4) is 0 Å². The van der Waals surface area contributed by atoms with E-state index in [9.17, 15) is 0 Å². The van der Waals surface area contributed by atoms with Gasteiger partial charge in [0.15, 0.2) is 0 Å². The zero-order valence-electron chi connectivity index (χ0n) is 10.4. The molecule has 2 heteroatoms. The van der Waals surface area contributed by atoms with E-state index < -0.39 is 0 Å². The van der Waals surface area contributed by atoms with Crippen molar-refractivity contribution in [2.45, 2.75) is 18.5 Å². The number of hydrogen-bond acceptors (Lipinski definition) is 2. The number of rotatable bonds is 1. The van der Waals surface area contributed by atoms with Gasteiger partial charge in [0.2, 0.25) is 0 Å². The van der Waals surface area contributed by atoms with E-state index in [0.29, 0.717) is 12.1 Å². The maximum atomic E-state index is 3.74. The molecule has 0 fully saturated rings. The van der Waals surface area contributed by atoms with Crippen molar-refractivity contribution >= 4 is 5.69 Å². The lowest BCUT2D eigenvalue weighted by atomic mass is 9.94. The lowest BCUT2D eigenvalue weighted by Gasteiger charge is -2.24. The third-order valence-electron chi connectivity index (χ3n) is 4.22. The largest absolute Gasteiger partial charge is 0.388 e. The summed E-state index contributed by atoms with van der Waals surface area (Å²) in [7, 11) is 1.98. The van der Waals surface area contributed by atoms with Crippen LogP contribution >= 0.6 is 0 Å². The van der Waals surface area contributed by atoms with Crippen molar-refractivity contribution in [3.63, 3.8) is 0 Å². The quantitative estimate of drug-likeness (QED) is 0.795. The highest BCUT2D eigenvalue weighted by molar-refractivity contribution is 5.56. The number of anilines is 1. The Kier molecular flexibility index (Phi) is 2.03. The minimum absolute atomic E-state index is 0.390. The first kappa shape index (κ1) is 10.2. The molecule has 2 atom stereocenters. The Labute approximate surface area is 107 Å². The van der Waals surface area contributed by atoms with Crippen molar-refractivity contribution in [1.29, 1.82) is 0 Å². The molecule has 0 aromatic heterocycles. The van der Waals surface area contributed by atoms with Crippen molar-refractivity contribution in [2.24, 2.45) is 0 Å². The van der Waals surface area contributed by atoms with Crippen molar-refractivity contribution in [3.8, 4) is 0 Å². The summed E-state index contributed by atoms with van der Waals surface area (Å²) in [6.45, 7) is 0. The standard InChI is InChI=1S/C16H16N2/c1-17-11-6-7-13-14(9-11)15-8-10-4-2-3-5-12(10)16(13)18-15/h2-7,9,15-18H,8H2,1H3. The maximum Gasteiger partial charge on any atom is 0.0587 e. The molecular formula is C16H16N2. The molecule has 2 nitrogen and oxygen atoms in total. The van der Waals surface area contributed by atoms with Crippen LogP contribution in [0.4, 0.5) is 5.69 Å². The van der Waals surface area contributed by atoms with Crippen molar-refractivity contribution in [1.82, 2.24) is 5.32 Å². The predicted molar refractivity (Wildman–Crippen MR) is 73.9 cm³/mol. The van der Waals surface area contributed by atoms with Crippen LogP contribution in [0.25, 0.3) is 0 Å². The Morgan fingerprint density at radius 2 is 1.94 bits per heavy atom. The van der Waals surface area contributed by atoms with Gasteiger partial charge < -0.3 is 5.32 Å². The van der Waals surface area contributed by atoms with Crippen LogP contribution in [0.1, 0.15) is 34.3 Å². The molecule has 18 heavy (non-hydrogen) atoms. The molecule has 0 radical (unpaired) electrons. The Bertz CT molecular complexity index is 618. The van der Waals surface area contributed by atoms with Crippen LogP contribution in [0, 0.1) is 0 Å². The fourth-order valence-electron chi connectivity index (χ4n) is 3.32. The van der Waals surface area contributed by atoms with Gasteiger partial charge in [-0.1, -0.05) is 30.3 Å². The van der Waals surface area contributed by atoms with E-state index in [1.54, 1.807) is 0 Å². The van der Waals surface area contributed by atoms with Gasteiger partial charge in [-0.05, 0) is 40.8 Å². The first-order valence-electron chi connectivity index (χ1n) is 6.52. The van der Waals surface area contributed by atoms with Crippen LogP contribution < -0.4 is 10.6 Å². The maximum absolute atomic E-state index is 3.74. The van der Waals surface area contributed by atoms with E-state index in [1.165, 1.54) is 27.9 Å². The summed E-state index contributed by atoms with van der Waals surface area (Å²) >= 11 is 0. The second kappa shape index (κ2) is 3.59. The van der Waals surface area contributed by atoms with Crippen molar-refractivity contribution in [3.05, 3.63) is 64.7 Å². The topological polar surface area (TPSA) is 24.1 Å². The molecule has 2 aromatic carbocycles. The molecule has 4 rings (SSSR count). The minimum Gasteiger partial charge on any atom is -0.388 e. The Morgan fingerprint density at radius 1 is 1.06 bits per heavy atom. The van der Waals surface area contributed by atoms with E-state index in [1.807, 2.05) is 7.05 Å².